The summed E-state index contributed by atoms with van der Waals surface area (Å²) in [5.74, 6) is -0.738. The van der Waals surface area contributed by atoms with E-state index in [-0.39, 0.29) is 12.4 Å². The van der Waals surface area contributed by atoms with Crippen LogP contribution in [0, 0.1) is 12.7 Å². The van der Waals surface area contributed by atoms with E-state index >= 15 is 0 Å². The van der Waals surface area contributed by atoms with Gasteiger partial charge in [-0.1, -0.05) is 23.7 Å². The molecule has 7 heteroatoms. The van der Waals surface area contributed by atoms with Crippen LogP contribution < -0.4 is 4.74 Å². The van der Waals surface area contributed by atoms with Crippen LogP contribution in [0.4, 0.5) is 4.39 Å². The van der Waals surface area contributed by atoms with Crippen LogP contribution in [0.1, 0.15) is 11.1 Å². The van der Waals surface area contributed by atoms with Crippen molar-refractivity contribution >= 4 is 31.3 Å². The Morgan fingerprint density at radius 3 is 2.52 bits per heavy atom. The first-order chi connectivity index (χ1) is 9.77. The van der Waals surface area contributed by atoms with Gasteiger partial charge in [0.1, 0.15) is 23.1 Å². The highest BCUT2D eigenvalue weighted by Crippen LogP contribution is 2.29. The van der Waals surface area contributed by atoms with Gasteiger partial charge in [-0.3, -0.25) is 0 Å². The molecule has 0 saturated carbocycles. The van der Waals surface area contributed by atoms with Crippen LogP contribution in [0.15, 0.2) is 41.3 Å². The molecule has 0 aliphatic heterocycles. The Hall–Kier alpha value is -1.30. The smallest absolute Gasteiger partial charge is 0.265 e. The minimum absolute atomic E-state index is 0.0250. The summed E-state index contributed by atoms with van der Waals surface area (Å²) in [6, 6.07) is 8.52. The fourth-order valence-electron chi connectivity index (χ4n) is 1.72. The largest absolute Gasteiger partial charge is 0.487 e. The molecule has 2 aromatic carbocycles. The zero-order valence-electron chi connectivity index (χ0n) is 10.9. The molecule has 21 heavy (non-hydrogen) atoms. The minimum Gasteiger partial charge on any atom is -0.487 e. The monoisotopic (exact) mass is 348 g/mol. The molecule has 0 atom stereocenters. The molecular weight excluding hydrogens is 338 g/mol. The Morgan fingerprint density at radius 2 is 1.90 bits per heavy atom. The van der Waals surface area contributed by atoms with Crippen molar-refractivity contribution in [2.24, 2.45) is 0 Å². The van der Waals surface area contributed by atoms with Crippen molar-refractivity contribution in [3.05, 3.63) is 58.4 Å². The van der Waals surface area contributed by atoms with E-state index in [0.29, 0.717) is 10.6 Å². The van der Waals surface area contributed by atoms with E-state index in [1.165, 1.54) is 6.07 Å². The second-order valence-corrected chi connectivity index (χ2v) is 7.35. The summed E-state index contributed by atoms with van der Waals surface area (Å²) in [6.07, 6.45) is 0. The van der Waals surface area contributed by atoms with E-state index < -0.39 is 19.8 Å². The van der Waals surface area contributed by atoms with Gasteiger partial charge in [-0.25, -0.2) is 12.8 Å². The van der Waals surface area contributed by atoms with Gasteiger partial charge >= 0.3 is 0 Å². The van der Waals surface area contributed by atoms with Crippen molar-refractivity contribution in [2.45, 2.75) is 18.4 Å². The van der Waals surface area contributed by atoms with Crippen LogP contribution >= 0.6 is 22.3 Å². The number of benzene rings is 2. The minimum atomic E-state index is -4.10. The van der Waals surface area contributed by atoms with Crippen molar-refractivity contribution in [1.82, 2.24) is 0 Å². The van der Waals surface area contributed by atoms with Gasteiger partial charge in [0.15, 0.2) is 0 Å². The lowest BCUT2D eigenvalue weighted by molar-refractivity contribution is 0.297. The number of hydrogen-bond acceptors (Lipinski definition) is 3. The Labute approximate surface area is 131 Å². The summed E-state index contributed by atoms with van der Waals surface area (Å²) in [4.78, 5) is -0.410. The molecule has 0 saturated heterocycles. The SMILES string of the molecule is Cc1ccc(COc2ccc(F)cc2S(=O)(=O)Cl)c(Cl)c1. The zero-order chi connectivity index (χ0) is 15.6. The topological polar surface area (TPSA) is 43.4 Å². The van der Waals surface area contributed by atoms with Crippen molar-refractivity contribution < 1.29 is 17.5 Å². The second kappa shape index (κ2) is 6.22. The molecule has 0 aliphatic rings. The third-order valence-corrected chi connectivity index (χ3v) is 4.46. The number of rotatable bonds is 4. The molecule has 0 amide bonds. The van der Waals surface area contributed by atoms with E-state index in [9.17, 15) is 12.8 Å². The van der Waals surface area contributed by atoms with Crippen molar-refractivity contribution in [2.75, 3.05) is 0 Å². The van der Waals surface area contributed by atoms with E-state index in [1.54, 1.807) is 12.1 Å². The van der Waals surface area contributed by atoms with E-state index in [2.05, 4.69) is 0 Å². The van der Waals surface area contributed by atoms with Crippen LogP contribution in [-0.4, -0.2) is 8.42 Å². The molecule has 0 spiro atoms. The highest BCUT2D eigenvalue weighted by atomic mass is 35.7. The average Bonchev–Trinajstić information content (AvgIpc) is 2.38. The first-order valence-electron chi connectivity index (χ1n) is 5.89. The highest BCUT2D eigenvalue weighted by Gasteiger charge is 2.18. The first kappa shape index (κ1) is 16.1. The molecule has 0 heterocycles. The molecule has 2 aromatic rings. The Balaban J connectivity index is 2.28. The average molecular weight is 349 g/mol. The maximum absolute atomic E-state index is 13.1. The van der Waals surface area contributed by atoms with Crippen molar-refractivity contribution in [1.29, 1.82) is 0 Å². The Kier molecular flexibility index (Phi) is 4.76. The summed E-state index contributed by atoms with van der Waals surface area (Å²) in [6.45, 7) is 1.94. The second-order valence-electron chi connectivity index (χ2n) is 4.41. The molecule has 0 radical (unpaired) electrons. The van der Waals surface area contributed by atoms with E-state index in [0.717, 1.165) is 17.7 Å². The van der Waals surface area contributed by atoms with Gasteiger partial charge in [0.2, 0.25) is 0 Å². The van der Waals surface area contributed by atoms with Gasteiger partial charge < -0.3 is 4.74 Å². The van der Waals surface area contributed by atoms with Gasteiger partial charge in [0, 0.05) is 21.3 Å². The third-order valence-electron chi connectivity index (χ3n) is 2.76. The zero-order valence-corrected chi connectivity index (χ0v) is 13.3. The number of halogens is 3. The maximum atomic E-state index is 13.1. The molecule has 0 N–H and O–H groups in total. The predicted molar refractivity (Wildman–Crippen MR) is 80.0 cm³/mol. The lowest BCUT2D eigenvalue weighted by Gasteiger charge is -2.11. The van der Waals surface area contributed by atoms with Crippen molar-refractivity contribution in [3.8, 4) is 5.75 Å². The predicted octanol–water partition coefficient (Wildman–Crippen LogP) is 4.29. The van der Waals surface area contributed by atoms with Gasteiger partial charge in [-0.2, -0.15) is 0 Å². The summed E-state index contributed by atoms with van der Waals surface area (Å²) >= 11 is 6.07. The molecule has 0 fully saturated rings. The number of aryl methyl sites for hydroxylation is 1. The van der Waals surface area contributed by atoms with Crippen molar-refractivity contribution in [3.63, 3.8) is 0 Å². The molecule has 0 bridgehead atoms. The molecule has 3 nitrogen and oxygen atoms in total. The molecule has 0 aliphatic carbocycles. The lowest BCUT2D eigenvalue weighted by Crippen LogP contribution is -2.02. The fourth-order valence-corrected chi connectivity index (χ4v) is 2.99. The molecule has 0 aromatic heterocycles. The summed E-state index contributed by atoms with van der Waals surface area (Å²) < 4.78 is 41.4. The normalized spacial score (nSPS) is 11.4. The van der Waals surface area contributed by atoms with Crippen LogP contribution in [-0.2, 0) is 15.7 Å². The number of ether oxygens (including phenoxy) is 1. The van der Waals surface area contributed by atoms with Gasteiger partial charge in [0.05, 0.1) is 0 Å². The summed E-state index contributed by atoms with van der Waals surface area (Å²) in [7, 11) is 1.17. The number of hydrogen-bond donors (Lipinski definition) is 0. The molecule has 2 rings (SSSR count). The highest BCUT2D eigenvalue weighted by molar-refractivity contribution is 8.13. The van der Waals surface area contributed by atoms with Gasteiger partial charge in [-0.05, 0) is 36.8 Å². The summed E-state index contributed by atoms with van der Waals surface area (Å²) in [5.41, 5.74) is 1.68. The van der Waals surface area contributed by atoms with Crippen LogP contribution in [0.2, 0.25) is 5.02 Å². The standard InChI is InChI=1S/C14H11Cl2FO3S/c1-9-2-3-10(12(15)6-9)8-20-13-5-4-11(17)7-14(13)21(16,18)19/h2-7H,8H2,1H3. The van der Waals surface area contributed by atoms with Crippen LogP contribution in [0.5, 0.6) is 5.75 Å². The fraction of sp³-hybridized carbons (Fsp3) is 0.143. The third kappa shape index (κ3) is 4.09. The summed E-state index contributed by atoms with van der Waals surface area (Å²) in [5, 5.41) is 0.507. The van der Waals surface area contributed by atoms with E-state index in [1.807, 2.05) is 13.0 Å². The van der Waals surface area contributed by atoms with Gasteiger partial charge in [0.25, 0.3) is 9.05 Å². The Bertz CT molecular complexity index is 776. The van der Waals surface area contributed by atoms with Crippen LogP contribution in [0.25, 0.3) is 0 Å². The van der Waals surface area contributed by atoms with Gasteiger partial charge in [-0.15, -0.1) is 0 Å². The first-order valence-corrected chi connectivity index (χ1v) is 8.58. The van der Waals surface area contributed by atoms with Crippen LogP contribution in [0.3, 0.4) is 0 Å². The Morgan fingerprint density at radius 1 is 1.19 bits per heavy atom. The molecular formula is C14H11Cl2FO3S. The maximum Gasteiger partial charge on any atom is 0.265 e. The van der Waals surface area contributed by atoms with E-state index in [4.69, 9.17) is 27.0 Å². The molecule has 0 unspecified atom stereocenters. The molecule has 112 valence electrons. The quantitative estimate of drug-likeness (QED) is 0.774. The lowest BCUT2D eigenvalue weighted by atomic mass is 10.1.